The smallest absolute Gasteiger partial charge is 0.178 e. The summed E-state index contributed by atoms with van der Waals surface area (Å²) in [5, 5.41) is 10.1. The fraction of sp³-hybridized carbons (Fsp3) is 0.0769. The number of imidazole rings is 1. The number of phenols is 1. The molecule has 0 atom stereocenters. The lowest BCUT2D eigenvalue weighted by Crippen LogP contribution is -1.87. The number of H-pyrrole nitrogens is 1. The van der Waals surface area contributed by atoms with Crippen LogP contribution >= 0.6 is 0 Å². The Kier molecular flexibility index (Phi) is 2.37. The number of nitrogens with one attached hydrogen (secondary N) is 1. The van der Waals surface area contributed by atoms with Crippen LogP contribution in [0.1, 0.15) is 0 Å². The van der Waals surface area contributed by atoms with Crippen LogP contribution in [0.4, 0.5) is 0 Å². The first kappa shape index (κ1) is 10.6. The fourth-order valence-electron chi connectivity index (χ4n) is 1.85. The normalized spacial score (nSPS) is 10.7. The molecule has 0 radical (unpaired) electrons. The first-order valence-corrected chi connectivity index (χ1v) is 5.46. The second kappa shape index (κ2) is 4.03. The Bertz CT molecular complexity index is 673. The first-order valence-electron chi connectivity index (χ1n) is 5.46. The molecule has 0 saturated carbocycles. The molecule has 0 unspecified atom stereocenters. The van der Waals surface area contributed by atoms with Gasteiger partial charge >= 0.3 is 0 Å². The number of ether oxygens (including phenoxy) is 1. The molecular formula is C13H11N3O2. The van der Waals surface area contributed by atoms with E-state index in [1.807, 2.05) is 12.1 Å². The summed E-state index contributed by atoms with van der Waals surface area (Å²) in [6, 6.07) is 8.98. The van der Waals surface area contributed by atoms with Gasteiger partial charge in [0.05, 0.1) is 18.2 Å². The molecule has 1 aromatic carbocycles. The zero-order valence-corrected chi connectivity index (χ0v) is 9.71. The zero-order chi connectivity index (χ0) is 12.5. The van der Waals surface area contributed by atoms with Crippen molar-refractivity contribution in [2.24, 2.45) is 0 Å². The van der Waals surface area contributed by atoms with Gasteiger partial charge in [0.1, 0.15) is 5.82 Å². The standard InChI is InChI=1S/C13H11N3O2/c1-18-10-6-2-4-8(11(10)17)12-15-9-5-3-7-14-13(9)16-12/h2-7,17H,1H3,(H,14,15,16). The monoisotopic (exact) mass is 241 g/mol. The number of hydrogen-bond acceptors (Lipinski definition) is 4. The third kappa shape index (κ3) is 1.57. The predicted octanol–water partition coefficient (Wildman–Crippen LogP) is 2.34. The maximum atomic E-state index is 10.1. The molecule has 0 aliphatic rings. The second-order valence-corrected chi connectivity index (χ2v) is 3.82. The number of nitrogens with zero attached hydrogens (tertiary/aromatic N) is 2. The number of hydrogen-bond donors (Lipinski definition) is 2. The van der Waals surface area contributed by atoms with Crippen LogP contribution in [0.5, 0.6) is 11.5 Å². The molecule has 18 heavy (non-hydrogen) atoms. The van der Waals surface area contributed by atoms with Gasteiger partial charge in [-0.25, -0.2) is 9.97 Å². The lowest BCUT2D eigenvalue weighted by Gasteiger charge is -2.06. The lowest BCUT2D eigenvalue weighted by molar-refractivity contribution is 0.374. The lowest BCUT2D eigenvalue weighted by atomic mass is 10.2. The van der Waals surface area contributed by atoms with E-state index in [9.17, 15) is 5.11 Å². The van der Waals surface area contributed by atoms with Crippen LogP contribution in [0.2, 0.25) is 0 Å². The quantitative estimate of drug-likeness (QED) is 0.722. The average Bonchev–Trinajstić information content (AvgIpc) is 2.82. The van der Waals surface area contributed by atoms with Crippen molar-refractivity contribution in [2.45, 2.75) is 0 Å². The number of aromatic amines is 1. The van der Waals surface area contributed by atoms with E-state index in [1.165, 1.54) is 7.11 Å². The van der Waals surface area contributed by atoms with E-state index in [-0.39, 0.29) is 5.75 Å². The molecule has 0 aliphatic carbocycles. The number of benzene rings is 1. The minimum absolute atomic E-state index is 0.0686. The third-order valence-electron chi connectivity index (χ3n) is 2.73. The molecule has 2 aromatic heterocycles. The van der Waals surface area contributed by atoms with E-state index in [4.69, 9.17) is 4.74 Å². The van der Waals surface area contributed by atoms with Crippen molar-refractivity contribution in [3.05, 3.63) is 36.5 Å². The van der Waals surface area contributed by atoms with Crippen LogP contribution < -0.4 is 4.74 Å². The third-order valence-corrected chi connectivity index (χ3v) is 2.73. The van der Waals surface area contributed by atoms with Gasteiger partial charge < -0.3 is 14.8 Å². The second-order valence-electron chi connectivity index (χ2n) is 3.82. The van der Waals surface area contributed by atoms with Crippen molar-refractivity contribution in [3.8, 4) is 22.9 Å². The molecule has 3 rings (SSSR count). The van der Waals surface area contributed by atoms with E-state index in [1.54, 1.807) is 24.4 Å². The van der Waals surface area contributed by atoms with Crippen LogP contribution in [0, 0.1) is 0 Å². The van der Waals surface area contributed by atoms with Gasteiger partial charge in [-0.3, -0.25) is 0 Å². The highest BCUT2D eigenvalue weighted by Gasteiger charge is 2.13. The molecule has 0 bridgehead atoms. The maximum absolute atomic E-state index is 10.1. The highest BCUT2D eigenvalue weighted by atomic mass is 16.5. The first-order chi connectivity index (χ1) is 8.79. The van der Waals surface area contributed by atoms with Crippen LogP contribution in [0.3, 0.4) is 0 Å². The molecule has 2 heterocycles. The summed E-state index contributed by atoms with van der Waals surface area (Å²) in [5.41, 5.74) is 2.04. The van der Waals surface area contributed by atoms with Gasteiger partial charge in [-0.2, -0.15) is 0 Å². The molecule has 5 nitrogen and oxygen atoms in total. The molecular weight excluding hydrogens is 230 g/mol. The highest BCUT2D eigenvalue weighted by molar-refractivity contribution is 5.78. The molecule has 3 aromatic rings. The van der Waals surface area contributed by atoms with Crippen LogP contribution in [-0.2, 0) is 0 Å². The minimum Gasteiger partial charge on any atom is -0.504 e. The number of phenolic OH excluding ortho intramolecular Hbond substituents is 1. The van der Waals surface area contributed by atoms with Crippen molar-refractivity contribution in [1.29, 1.82) is 0 Å². The Hall–Kier alpha value is -2.56. The minimum atomic E-state index is 0.0686. The molecule has 0 spiro atoms. The van der Waals surface area contributed by atoms with Crippen LogP contribution in [0.15, 0.2) is 36.5 Å². The number of rotatable bonds is 2. The summed E-state index contributed by atoms with van der Waals surface area (Å²) in [5.74, 6) is 1.06. The molecule has 2 N–H and O–H groups in total. The summed E-state index contributed by atoms with van der Waals surface area (Å²) >= 11 is 0. The number of fused-ring (bicyclic) bond motifs is 1. The Balaban J connectivity index is 2.20. The number of aromatic nitrogens is 3. The van der Waals surface area contributed by atoms with Crippen LogP contribution in [0.25, 0.3) is 22.6 Å². The SMILES string of the molecule is COc1cccc(-c2nc3ncccc3[nH]2)c1O. The van der Waals surface area contributed by atoms with E-state index < -0.39 is 0 Å². The van der Waals surface area contributed by atoms with E-state index in [2.05, 4.69) is 15.0 Å². The zero-order valence-electron chi connectivity index (χ0n) is 9.71. The fourth-order valence-corrected chi connectivity index (χ4v) is 1.85. The van der Waals surface area contributed by atoms with Gasteiger partial charge in [0.15, 0.2) is 17.1 Å². The maximum Gasteiger partial charge on any atom is 0.178 e. The Labute approximate surface area is 103 Å². The van der Waals surface area contributed by atoms with E-state index >= 15 is 0 Å². The van der Waals surface area contributed by atoms with Gasteiger partial charge in [0, 0.05) is 6.20 Å². The van der Waals surface area contributed by atoms with Gasteiger partial charge in [-0.1, -0.05) is 6.07 Å². The van der Waals surface area contributed by atoms with Crippen molar-refractivity contribution in [3.63, 3.8) is 0 Å². The van der Waals surface area contributed by atoms with Crippen molar-refractivity contribution in [1.82, 2.24) is 15.0 Å². The topological polar surface area (TPSA) is 71.0 Å². The summed E-state index contributed by atoms with van der Waals surface area (Å²) in [7, 11) is 1.51. The largest absolute Gasteiger partial charge is 0.504 e. The summed E-state index contributed by atoms with van der Waals surface area (Å²) in [6.45, 7) is 0. The predicted molar refractivity (Wildman–Crippen MR) is 67.5 cm³/mol. The number of para-hydroxylation sites is 1. The average molecular weight is 241 g/mol. The molecule has 0 fully saturated rings. The Morgan fingerprint density at radius 2 is 2.11 bits per heavy atom. The summed E-state index contributed by atoms with van der Waals surface area (Å²) in [6.07, 6.45) is 1.68. The summed E-state index contributed by atoms with van der Waals surface area (Å²) in [4.78, 5) is 11.6. The molecule has 90 valence electrons. The van der Waals surface area contributed by atoms with Crippen molar-refractivity contribution >= 4 is 11.2 Å². The van der Waals surface area contributed by atoms with Crippen LogP contribution in [-0.4, -0.2) is 27.2 Å². The van der Waals surface area contributed by atoms with E-state index in [0.717, 1.165) is 5.52 Å². The molecule has 0 amide bonds. The van der Waals surface area contributed by atoms with Gasteiger partial charge in [-0.05, 0) is 24.3 Å². The van der Waals surface area contributed by atoms with Gasteiger partial charge in [-0.15, -0.1) is 0 Å². The Morgan fingerprint density at radius 3 is 2.89 bits per heavy atom. The van der Waals surface area contributed by atoms with Gasteiger partial charge in [0.2, 0.25) is 0 Å². The summed E-state index contributed by atoms with van der Waals surface area (Å²) < 4.78 is 5.07. The van der Waals surface area contributed by atoms with Gasteiger partial charge in [0.25, 0.3) is 0 Å². The number of aromatic hydroxyl groups is 1. The van der Waals surface area contributed by atoms with Crippen molar-refractivity contribution < 1.29 is 9.84 Å². The molecule has 0 aliphatic heterocycles. The van der Waals surface area contributed by atoms with E-state index in [0.29, 0.717) is 22.8 Å². The number of methoxy groups -OCH3 is 1. The number of pyridine rings is 1. The Morgan fingerprint density at radius 1 is 1.22 bits per heavy atom. The molecule has 5 heteroatoms. The highest BCUT2D eigenvalue weighted by Crippen LogP contribution is 2.35. The van der Waals surface area contributed by atoms with Crippen molar-refractivity contribution in [2.75, 3.05) is 7.11 Å². The molecule has 0 saturated heterocycles.